The first kappa shape index (κ1) is 20.6. The first-order valence-electron chi connectivity index (χ1n) is 11.2. The standard InChI is InChI=1S/C24H28N6O2/c1-16-20(14-25-27-16)24(32)30-8-7-17(15-30)22-13-19(18-5-3-4-6-21(18)26-22)23(31)29-11-9-28(2)10-12-29/h3-6,13-14,17H,7-12,15H2,1-2H3,(H,25,27)/t17-/m1/s1. The second-order valence-electron chi connectivity index (χ2n) is 8.85. The van der Waals surface area contributed by atoms with E-state index in [0.717, 1.165) is 54.9 Å². The van der Waals surface area contributed by atoms with Crippen LogP contribution in [0.3, 0.4) is 0 Å². The molecule has 0 unspecified atom stereocenters. The van der Waals surface area contributed by atoms with Gasteiger partial charge < -0.3 is 14.7 Å². The van der Waals surface area contributed by atoms with Gasteiger partial charge in [0.05, 0.1) is 22.8 Å². The summed E-state index contributed by atoms with van der Waals surface area (Å²) in [5.41, 5.74) is 3.83. The molecule has 1 atom stereocenters. The van der Waals surface area contributed by atoms with E-state index in [4.69, 9.17) is 4.98 Å². The predicted octanol–water partition coefficient (Wildman–Crippen LogP) is 2.28. The molecule has 32 heavy (non-hydrogen) atoms. The fourth-order valence-corrected chi connectivity index (χ4v) is 4.68. The SMILES string of the molecule is Cc1[nH]ncc1C(=O)N1CC[C@@H](c2cc(C(=O)N3CCN(C)CC3)c3ccccc3n2)C1. The number of aromatic nitrogens is 3. The van der Waals surface area contributed by atoms with Gasteiger partial charge in [-0.3, -0.25) is 19.7 Å². The molecule has 8 nitrogen and oxygen atoms in total. The van der Waals surface area contributed by atoms with Crippen LogP contribution in [0, 0.1) is 6.92 Å². The van der Waals surface area contributed by atoms with Gasteiger partial charge in [-0.15, -0.1) is 0 Å². The van der Waals surface area contributed by atoms with E-state index >= 15 is 0 Å². The van der Waals surface area contributed by atoms with Gasteiger partial charge >= 0.3 is 0 Å². The van der Waals surface area contributed by atoms with Crippen molar-refractivity contribution in [3.63, 3.8) is 0 Å². The first-order valence-corrected chi connectivity index (χ1v) is 11.2. The van der Waals surface area contributed by atoms with E-state index in [0.29, 0.717) is 24.2 Å². The summed E-state index contributed by atoms with van der Waals surface area (Å²) in [5, 5.41) is 7.70. The van der Waals surface area contributed by atoms with Crippen molar-refractivity contribution >= 4 is 22.7 Å². The van der Waals surface area contributed by atoms with Crippen LogP contribution in [0.2, 0.25) is 0 Å². The lowest BCUT2D eigenvalue weighted by Crippen LogP contribution is -2.47. The highest BCUT2D eigenvalue weighted by Crippen LogP contribution is 2.31. The van der Waals surface area contributed by atoms with E-state index in [1.54, 1.807) is 6.20 Å². The zero-order valence-corrected chi connectivity index (χ0v) is 18.5. The van der Waals surface area contributed by atoms with Crippen molar-refractivity contribution in [3.8, 4) is 0 Å². The van der Waals surface area contributed by atoms with Crippen LogP contribution in [0.25, 0.3) is 10.9 Å². The fraction of sp³-hybridized carbons (Fsp3) is 0.417. The van der Waals surface area contributed by atoms with Crippen LogP contribution in [0.1, 0.15) is 44.4 Å². The van der Waals surface area contributed by atoms with Crippen molar-refractivity contribution in [2.24, 2.45) is 0 Å². The molecule has 3 aromatic rings. The highest BCUT2D eigenvalue weighted by Gasteiger charge is 2.31. The van der Waals surface area contributed by atoms with Gasteiger partial charge in [0.2, 0.25) is 0 Å². The average molecular weight is 433 g/mol. The number of hydrogen-bond acceptors (Lipinski definition) is 5. The van der Waals surface area contributed by atoms with Crippen LogP contribution in [-0.4, -0.2) is 88.0 Å². The van der Waals surface area contributed by atoms with E-state index < -0.39 is 0 Å². The number of hydrogen-bond donors (Lipinski definition) is 1. The molecule has 5 rings (SSSR count). The molecule has 2 saturated heterocycles. The van der Waals surface area contributed by atoms with Gasteiger partial charge in [-0.1, -0.05) is 18.2 Å². The van der Waals surface area contributed by atoms with Crippen molar-refractivity contribution in [2.45, 2.75) is 19.3 Å². The molecule has 166 valence electrons. The van der Waals surface area contributed by atoms with Crippen LogP contribution >= 0.6 is 0 Å². The number of rotatable bonds is 3. The molecule has 0 bridgehead atoms. The average Bonchev–Trinajstić information content (AvgIpc) is 3.47. The van der Waals surface area contributed by atoms with Crippen LogP contribution in [0.5, 0.6) is 0 Å². The van der Waals surface area contributed by atoms with Crippen molar-refractivity contribution < 1.29 is 9.59 Å². The summed E-state index contributed by atoms with van der Waals surface area (Å²) in [6, 6.07) is 9.81. The highest BCUT2D eigenvalue weighted by molar-refractivity contribution is 6.06. The Labute approximate surface area is 187 Å². The summed E-state index contributed by atoms with van der Waals surface area (Å²) < 4.78 is 0. The highest BCUT2D eigenvalue weighted by atomic mass is 16.2. The Morgan fingerprint density at radius 1 is 1.00 bits per heavy atom. The number of aromatic amines is 1. The van der Waals surface area contributed by atoms with Crippen LogP contribution in [0.15, 0.2) is 36.5 Å². The lowest BCUT2D eigenvalue weighted by Gasteiger charge is -2.32. The largest absolute Gasteiger partial charge is 0.338 e. The number of benzene rings is 1. The summed E-state index contributed by atoms with van der Waals surface area (Å²) in [6.45, 7) is 6.36. The summed E-state index contributed by atoms with van der Waals surface area (Å²) in [5.74, 6) is 0.168. The third-order valence-corrected chi connectivity index (χ3v) is 6.71. The van der Waals surface area contributed by atoms with Gasteiger partial charge in [-0.2, -0.15) is 5.10 Å². The molecule has 0 saturated carbocycles. The van der Waals surface area contributed by atoms with Gasteiger partial charge in [0.25, 0.3) is 11.8 Å². The number of carbonyl (C=O) groups is 2. The normalized spacial score (nSPS) is 19.6. The summed E-state index contributed by atoms with van der Waals surface area (Å²) in [7, 11) is 2.08. The minimum absolute atomic E-state index is 0.00623. The smallest absolute Gasteiger partial charge is 0.257 e. The Bertz CT molecular complexity index is 1160. The number of carbonyl (C=O) groups excluding carboxylic acids is 2. The predicted molar refractivity (Wildman–Crippen MR) is 122 cm³/mol. The van der Waals surface area contributed by atoms with Crippen LogP contribution < -0.4 is 0 Å². The molecule has 2 aromatic heterocycles. The zero-order valence-electron chi connectivity index (χ0n) is 18.5. The van der Waals surface area contributed by atoms with Gasteiger partial charge in [0, 0.05) is 62.0 Å². The molecule has 0 spiro atoms. The lowest BCUT2D eigenvalue weighted by atomic mass is 9.98. The molecule has 2 amide bonds. The zero-order chi connectivity index (χ0) is 22.2. The third kappa shape index (κ3) is 3.75. The third-order valence-electron chi connectivity index (χ3n) is 6.71. The molecule has 8 heteroatoms. The number of piperazine rings is 1. The Morgan fingerprint density at radius 2 is 1.75 bits per heavy atom. The van der Waals surface area contributed by atoms with Gasteiger partial charge in [-0.05, 0) is 32.5 Å². The number of pyridine rings is 1. The minimum Gasteiger partial charge on any atom is -0.338 e. The first-order chi connectivity index (χ1) is 15.5. The van der Waals surface area contributed by atoms with Crippen molar-refractivity contribution in [3.05, 3.63) is 59.0 Å². The molecule has 1 aromatic carbocycles. The van der Waals surface area contributed by atoms with E-state index in [2.05, 4.69) is 22.1 Å². The maximum atomic E-state index is 13.5. The molecule has 4 heterocycles. The summed E-state index contributed by atoms with van der Waals surface area (Å²) in [6.07, 6.45) is 2.42. The van der Waals surface area contributed by atoms with Crippen molar-refractivity contribution in [1.82, 2.24) is 29.9 Å². The van der Waals surface area contributed by atoms with Crippen LogP contribution in [-0.2, 0) is 0 Å². The number of para-hydroxylation sites is 1. The maximum absolute atomic E-state index is 13.5. The molecular weight excluding hydrogens is 404 g/mol. The number of likely N-dealkylation sites (tertiary alicyclic amines) is 1. The van der Waals surface area contributed by atoms with Gasteiger partial charge in [-0.25, -0.2) is 0 Å². The number of H-pyrrole nitrogens is 1. The second kappa shape index (κ2) is 8.35. The molecule has 0 radical (unpaired) electrons. The number of nitrogens with one attached hydrogen (secondary N) is 1. The number of aryl methyl sites for hydroxylation is 1. The second-order valence-corrected chi connectivity index (χ2v) is 8.85. The molecular formula is C24H28N6O2. The molecule has 2 fully saturated rings. The minimum atomic E-state index is -0.00623. The summed E-state index contributed by atoms with van der Waals surface area (Å²) >= 11 is 0. The summed E-state index contributed by atoms with van der Waals surface area (Å²) in [4.78, 5) is 37.3. The number of amides is 2. The molecule has 1 N–H and O–H groups in total. The molecule has 2 aliphatic rings. The van der Waals surface area contributed by atoms with Crippen molar-refractivity contribution in [1.29, 1.82) is 0 Å². The van der Waals surface area contributed by atoms with Gasteiger partial charge in [0.15, 0.2) is 0 Å². The van der Waals surface area contributed by atoms with E-state index in [1.807, 2.05) is 47.1 Å². The topological polar surface area (TPSA) is 85.4 Å². The van der Waals surface area contributed by atoms with E-state index in [9.17, 15) is 9.59 Å². The quantitative estimate of drug-likeness (QED) is 0.686. The van der Waals surface area contributed by atoms with E-state index in [-0.39, 0.29) is 17.7 Å². The molecule has 2 aliphatic heterocycles. The van der Waals surface area contributed by atoms with E-state index in [1.165, 1.54) is 0 Å². The maximum Gasteiger partial charge on any atom is 0.257 e. The van der Waals surface area contributed by atoms with Gasteiger partial charge in [0.1, 0.15) is 0 Å². The Kier molecular flexibility index (Phi) is 5.38. The fourth-order valence-electron chi connectivity index (χ4n) is 4.68. The Balaban J connectivity index is 1.43. The van der Waals surface area contributed by atoms with Crippen LogP contribution in [0.4, 0.5) is 0 Å². The molecule has 0 aliphatic carbocycles. The van der Waals surface area contributed by atoms with Crippen molar-refractivity contribution in [2.75, 3.05) is 46.3 Å². The number of nitrogens with zero attached hydrogens (tertiary/aromatic N) is 5. The number of fused-ring (bicyclic) bond motifs is 1. The monoisotopic (exact) mass is 432 g/mol. The Hall–Kier alpha value is -3.26. The number of likely N-dealkylation sites (N-methyl/N-ethyl adjacent to an activating group) is 1. The lowest BCUT2D eigenvalue weighted by molar-refractivity contribution is 0.0665. The Morgan fingerprint density at radius 3 is 2.50 bits per heavy atom.